The second kappa shape index (κ2) is 7.98. The minimum Gasteiger partial charge on any atom is -0.381 e. The Morgan fingerprint density at radius 1 is 1.11 bits per heavy atom. The van der Waals surface area contributed by atoms with E-state index >= 15 is 0 Å². The van der Waals surface area contributed by atoms with Gasteiger partial charge in [-0.05, 0) is 42.8 Å². The van der Waals surface area contributed by atoms with Crippen molar-refractivity contribution in [3.8, 4) is 0 Å². The molecule has 2 heterocycles. The molecule has 4 rings (SSSR count). The van der Waals surface area contributed by atoms with Gasteiger partial charge in [0.2, 0.25) is 0 Å². The van der Waals surface area contributed by atoms with Crippen LogP contribution in [0.1, 0.15) is 12.0 Å². The number of benzene rings is 2. The molecule has 0 saturated carbocycles. The fourth-order valence-electron chi connectivity index (χ4n) is 3.50. The third-order valence-electron chi connectivity index (χ3n) is 4.90. The van der Waals surface area contributed by atoms with Gasteiger partial charge in [0, 0.05) is 42.9 Å². The molecule has 1 aromatic heterocycles. The maximum atomic E-state index is 11.9. The lowest BCUT2D eigenvalue weighted by atomic mass is 10.1. The highest BCUT2D eigenvalue weighted by atomic mass is 35.5. The summed E-state index contributed by atoms with van der Waals surface area (Å²) in [6.45, 7) is 4.84. The van der Waals surface area contributed by atoms with Gasteiger partial charge < -0.3 is 15.5 Å². The normalized spacial score (nSPS) is 14.9. The van der Waals surface area contributed by atoms with Crippen molar-refractivity contribution < 1.29 is 0 Å². The maximum Gasteiger partial charge on any atom is 0.272 e. The molecule has 1 aliphatic rings. The maximum absolute atomic E-state index is 11.9. The number of anilines is 2. The predicted molar refractivity (Wildman–Crippen MR) is 111 cm³/mol. The van der Waals surface area contributed by atoms with Crippen molar-refractivity contribution in [3.05, 3.63) is 63.5 Å². The zero-order chi connectivity index (χ0) is 18.6. The summed E-state index contributed by atoms with van der Waals surface area (Å²) in [5.74, 6) is 0. The largest absolute Gasteiger partial charge is 0.381 e. The van der Waals surface area contributed by atoms with E-state index in [0.717, 1.165) is 38.3 Å². The van der Waals surface area contributed by atoms with Crippen LogP contribution in [0.4, 0.5) is 11.4 Å². The van der Waals surface area contributed by atoms with Crippen LogP contribution in [0.2, 0.25) is 5.15 Å². The molecule has 0 unspecified atom stereocenters. The molecule has 0 spiro atoms. The molecule has 3 N–H and O–H groups in total. The van der Waals surface area contributed by atoms with E-state index in [2.05, 4.69) is 50.0 Å². The van der Waals surface area contributed by atoms with E-state index in [1.807, 2.05) is 12.1 Å². The quantitative estimate of drug-likeness (QED) is 0.646. The van der Waals surface area contributed by atoms with Crippen LogP contribution in [0.25, 0.3) is 10.8 Å². The molecule has 1 fully saturated rings. The Kier molecular flexibility index (Phi) is 5.27. The Hall–Kier alpha value is -2.57. The number of nitrogens with one attached hydrogen (secondary N) is 3. The predicted octanol–water partition coefficient (Wildman–Crippen LogP) is 2.99. The molecule has 0 amide bonds. The lowest BCUT2D eigenvalue weighted by Gasteiger charge is -2.25. The van der Waals surface area contributed by atoms with Gasteiger partial charge in [0.05, 0.1) is 5.39 Å². The van der Waals surface area contributed by atoms with Crippen molar-refractivity contribution in [3.63, 3.8) is 0 Å². The number of aromatic nitrogens is 2. The van der Waals surface area contributed by atoms with Gasteiger partial charge in [-0.1, -0.05) is 29.8 Å². The van der Waals surface area contributed by atoms with Gasteiger partial charge in [0.1, 0.15) is 0 Å². The molecule has 3 aromatic rings. The van der Waals surface area contributed by atoms with Crippen LogP contribution in [0.5, 0.6) is 0 Å². The fraction of sp³-hybridized carbons (Fsp3) is 0.300. The smallest absolute Gasteiger partial charge is 0.272 e. The number of H-pyrrole nitrogens is 1. The first-order chi connectivity index (χ1) is 13.2. The number of nitrogens with zero attached hydrogens (tertiary/aromatic N) is 2. The zero-order valence-electron chi connectivity index (χ0n) is 15.0. The van der Waals surface area contributed by atoms with Crippen LogP contribution in [-0.4, -0.2) is 36.4 Å². The molecule has 140 valence electrons. The van der Waals surface area contributed by atoms with E-state index in [-0.39, 0.29) is 5.56 Å². The van der Waals surface area contributed by atoms with Gasteiger partial charge in [-0.15, -0.1) is 0 Å². The van der Waals surface area contributed by atoms with Crippen LogP contribution >= 0.6 is 11.6 Å². The van der Waals surface area contributed by atoms with Crippen LogP contribution in [0.3, 0.4) is 0 Å². The molecule has 7 heteroatoms. The summed E-state index contributed by atoms with van der Waals surface area (Å²) in [6.07, 6.45) is 1.15. The van der Waals surface area contributed by atoms with Crippen LogP contribution in [0.15, 0.2) is 47.3 Å². The molecule has 0 bridgehead atoms. The van der Waals surface area contributed by atoms with Crippen molar-refractivity contribution in [1.82, 2.24) is 15.5 Å². The van der Waals surface area contributed by atoms with E-state index in [4.69, 9.17) is 11.6 Å². The fourth-order valence-corrected chi connectivity index (χ4v) is 3.69. The second-order valence-corrected chi connectivity index (χ2v) is 7.03. The van der Waals surface area contributed by atoms with E-state index in [0.29, 0.717) is 22.5 Å². The van der Waals surface area contributed by atoms with Gasteiger partial charge in [0.25, 0.3) is 5.56 Å². The minimum atomic E-state index is -0.235. The average Bonchev–Trinajstić information content (AvgIpc) is 2.99. The van der Waals surface area contributed by atoms with Gasteiger partial charge >= 0.3 is 0 Å². The Morgan fingerprint density at radius 3 is 2.93 bits per heavy atom. The van der Waals surface area contributed by atoms with Gasteiger partial charge in [-0.3, -0.25) is 4.79 Å². The monoisotopic (exact) mass is 383 g/mol. The SMILES string of the molecule is O=c1[nH]nc(Cl)c2cc(NCc3ccccc3N3CCCNCC3)ccc12. The standard InChI is InChI=1S/C20H22ClN5O/c21-19-17-12-15(6-7-16(17)20(27)25-24-19)23-13-14-4-1-2-5-18(14)26-10-3-8-22-9-11-26/h1-2,4-7,12,22-23H,3,8-11,13H2,(H,25,27). The molecule has 0 aliphatic carbocycles. The highest BCUT2D eigenvalue weighted by Crippen LogP contribution is 2.25. The highest BCUT2D eigenvalue weighted by molar-refractivity contribution is 6.34. The molecule has 0 atom stereocenters. The van der Waals surface area contributed by atoms with E-state index in [9.17, 15) is 4.79 Å². The summed E-state index contributed by atoms with van der Waals surface area (Å²) in [5.41, 5.74) is 3.19. The van der Waals surface area contributed by atoms with Crippen LogP contribution in [0, 0.1) is 0 Å². The van der Waals surface area contributed by atoms with Gasteiger partial charge in [-0.25, -0.2) is 5.10 Å². The topological polar surface area (TPSA) is 73.0 Å². The zero-order valence-corrected chi connectivity index (χ0v) is 15.7. The van der Waals surface area contributed by atoms with Crippen LogP contribution in [-0.2, 0) is 6.54 Å². The minimum absolute atomic E-state index is 0.235. The Bertz CT molecular complexity index is 995. The number of aromatic amines is 1. The Labute approximate surface area is 162 Å². The van der Waals surface area contributed by atoms with Crippen molar-refractivity contribution in [2.24, 2.45) is 0 Å². The van der Waals surface area contributed by atoms with Gasteiger partial charge in [-0.2, -0.15) is 5.10 Å². The lowest BCUT2D eigenvalue weighted by molar-refractivity contribution is 0.724. The highest BCUT2D eigenvalue weighted by Gasteiger charge is 2.13. The number of hydrogen-bond donors (Lipinski definition) is 3. The third-order valence-corrected chi connectivity index (χ3v) is 5.19. The molecule has 2 aromatic carbocycles. The second-order valence-electron chi connectivity index (χ2n) is 6.68. The number of rotatable bonds is 4. The number of para-hydroxylation sites is 1. The van der Waals surface area contributed by atoms with Crippen molar-refractivity contribution in [2.45, 2.75) is 13.0 Å². The van der Waals surface area contributed by atoms with E-state index < -0.39 is 0 Å². The molecular weight excluding hydrogens is 362 g/mol. The van der Waals surface area contributed by atoms with E-state index in [1.54, 1.807) is 6.07 Å². The summed E-state index contributed by atoms with van der Waals surface area (Å²) in [4.78, 5) is 14.3. The van der Waals surface area contributed by atoms with Crippen molar-refractivity contribution in [2.75, 3.05) is 36.4 Å². The summed E-state index contributed by atoms with van der Waals surface area (Å²) >= 11 is 6.14. The number of halogens is 1. The molecule has 27 heavy (non-hydrogen) atoms. The summed E-state index contributed by atoms with van der Waals surface area (Å²) in [7, 11) is 0. The first-order valence-corrected chi connectivity index (χ1v) is 9.55. The Morgan fingerprint density at radius 2 is 2.00 bits per heavy atom. The Balaban J connectivity index is 1.56. The summed E-state index contributed by atoms with van der Waals surface area (Å²) in [5, 5.41) is 14.6. The number of fused-ring (bicyclic) bond motifs is 1. The molecule has 1 aliphatic heterocycles. The molecule has 0 radical (unpaired) electrons. The van der Waals surface area contributed by atoms with Crippen molar-refractivity contribution >= 4 is 33.7 Å². The third kappa shape index (κ3) is 3.91. The summed E-state index contributed by atoms with van der Waals surface area (Å²) < 4.78 is 0. The molecule has 1 saturated heterocycles. The average molecular weight is 384 g/mol. The van der Waals surface area contributed by atoms with Crippen molar-refractivity contribution in [1.29, 1.82) is 0 Å². The first-order valence-electron chi connectivity index (χ1n) is 9.18. The molecule has 6 nitrogen and oxygen atoms in total. The van der Waals surface area contributed by atoms with E-state index in [1.165, 1.54) is 11.3 Å². The number of hydrogen-bond acceptors (Lipinski definition) is 5. The molecular formula is C20H22ClN5O. The van der Waals surface area contributed by atoms with Gasteiger partial charge in [0.15, 0.2) is 5.15 Å². The lowest BCUT2D eigenvalue weighted by Crippen LogP contribution is -2.28. The van der Waals surface area contributed by atoms with Crippen LogP contribution < -0.4 is 21.1 Å². The summed E-state index contributed by atoms with van der Waals surface area (Å²) in [6, 6.07) is 14.0. The first kappa shape index (κ1) is 17.8.